The van der Waals surface area contributed by atoms with Gasteiger partial charge in [0.05, 0.1) is 5.69 Å². The monoisotopic (exact) mass is 653 g/mol. The Morgan fingerprint density at radius 2 is 1.08 bits per heavy atom. The molecule has 1 aliphatic carbocycles. The Kier molecular flexibility index (Phi) is 6.56. The quantitative estimate of drug-likeness (QED) is 0.184. The Morgan fingerprint density at radius 3 is 1.98 bits per heavy atom. The molecule has 242 valence electrons. The molecule has 9 aromatic rings. The van der Waals surface area contributed by atoms with Crippen molar-refractivity contribution in [1.29, 1.82) is 0 Å². The summed E-state index contributed by atoms with van der Waals surface area (Å²) in [6, 6.07) is 63.8. The predicted molar refractivity (Wildman–Crippen MR) is 214 cm³/mol. The van der Waals surface area contributed by atoms with E-state index in [1.165, 1.54) is 49.7 Å². The third-order valence-corrected chi connectivity index (χ3v) is 10.9. The molecule has 10 rings (SSSR count). The topological polar surface area (TPSA) is 16.4 Å². The summed E-state index contributed by atoms with van der Waals surface area (Å²) in [7, 11) is 0. The molecule has 0 fully saturated rings. The van der Waals surface area contributed by atoms with Crippen molar-refractivity contribution < 1.29 is 4.42 Å². The van der Waals surface area contributed by atoms with Crippen LogP contribution in [0.5, 0.6) is 0 Å². The summed E-state index contributed by atoms with van der Waals surface area (Å²) in [5.41, 5.74) is 15.0. The first-order valence-corrected chi connectivity index (χ1v) is 17.7. The van der Waals surface area contributed by atoms with Crippen molar-refractivity contribution in [3.8, 4) is 33.4 Å². The molecule has 0 N–H and O–H groups in total. The van der Waals surface area contributed by atoms with E-state index in [4.69, 9.17) is 4.42 Å². The van der Waals surface area contributed by atoms with Crippen molar-refractivity contribution >= 4 is 49.8 Å². The highest BCUT2D eigenvalue weighted by atomic mass is 16.3. The molecule has 0 bridgehead atoms. The Balaban J connectivity index is 1.23. The maximum absolute atomic E-state index is 6.47. The molecule has 0 amide bonds. The number of anilines is 3. The van der Waals surface area contributed by atoms with Gasteiger partial charge in [0.2, 0.25) is 0 Å². The zero-order valence-electron chi connectivity index (χ0n) is 28.6. The lowest BCUT2D eigenvalue weighted by atomic mass is 9.82. The minimum absolute atomic E-state index is 0.128. The number of rotatable bonds is 5. The lowest BCUT2D eigenvalue weighted by Gasteiger charge is -2.30. The van der Waals surface area contributed by atoms with Gasteiger partial charge in [-0.3, -0.25) is 0 Å². The summed E-state index contributed by atoms with van der Waals surface area (Å²) < 4.78 is 6.47. The fourth-order valence-corrected chi connectivity index (χ4v) is 8.34. The normalized spacial score (nSPS) is 13.1. The maximum Gasteiger partial charge on any atom is 0.137 e. The molecule has 1 aromatic heterocycles. The van der Waals surface area contributed by atoms with Crippen molar-refractivity contribution in [2.75, 3.05) is 4.90 Å². The van der Waals surface area contributed by atoms with E-state index in [-0.39, 0.29) is 5.41 Å². The van der Waals surface area contributed by atoms with Gasteiger partial charge in [0.15, 0.2) is 0 Å². The second kappa shape index (κ2) is 11.3. The van der Waals surface area contributed by atoms with E-state index in [1.807, 2.05) is 12.1 Å². The summed E-state index contributed by atoms with van der Waals surface area (Å²) in [6.45, 7) is 4.70. The minimum atomic E-state index is -0.128. The molecule has 1 heterocycles. The molecule has 0 saturated carbocycles. The fourth-order valence-electron chi connectivity index (χ4n) is 8.34. The molecule has 51 heavy (non-hydrogen) atoms. The third kappa shape index (κ3) is 4.64. The van der Waals surface area contributed by atoms with Gasteiger partial charge in [-0.1, -0.05) is 141 Å². The Hall–Kier alpha value is -6.38. The van der Waals surface area contributed by atoms with Crippen LogP contribution < -0.4 is 4.90 Å². The average Bonchev–Trinajstić information content (AvgIpc) is 3.66. The largest absolute Gasteiger partial charge is 0.456 e. The van der Waals surface area contributed by atoms with Crippen LogP contribution >= 0.6 is 0 Å². The van der Waals surface area contributed by atoms with Gasteiger partial charge in [0, 0.05) is 39.2 Å². The van der Waals surface area contributed by atoms with Crippen LogP contribution in [0.1, 0.15) is 25.0 Å². The number of nitrogens with zero attached hydrogens (tertiary/aromatic N) is 1. The lowest BCUT2D eigenvalue weighted by molar-refractivity contribution is 0.660. The molecule has 0 radical (unpaired) electrons. The molecule has 2 nitrogen and oxygen atoms in total. The summed E-state index contributed by atoms with van der Waals surface area (Å²) in [5, 5.41) is 4.74. The number of benzene rings is 8. The van der Waals surface area contributed by atoms with Crippen LogP contribution in [0.15, 0.2) is 180 Å². The van der Waals surface area contributed by atoms with Crippen molar-refractivity contribution in [1.82, 2.24) is 0 Å². The van der Waals surface area contributed by atoms with Crippen LogP contribution in [0.25, 0.3) is 66.1 Å². The van der Waals surface area contributed by atoms with Gasteiger partial charge >= 0.3 is 0 Å². The summed E-state index contributed by atoms with van der Waals surface area (Å²) in [4.78, 5) is 2.42. The maximum atomic E-state index is 6.47. The van der Waals surface area contributed by atoms with E-state index in [9.17, 15) is 0 Å². The van der Waals surface area contributed by atoms with E-state index in [0.29, 0.717) is 0 Å². The standard InChI is InChI=1S/C49H35NO/c1-49(2)44-21-10-8-18-39(44)40-26-24-35(30-45(40)49)50(36-25-27-42-41-19-9-11-22-47(41)51-48(42)31-36)46-28-23-34(29-43(46)33-13-4-3-5-14-33)38-20-12-16-32-15-6-7-17-37(32)38/h3-31H,1-2H3. The highest BCUT2D eigenvalue weighted by Gasteiger charge is 2.36. The second-order valence-corrected chi connectivity index (χ2v) is 14.1. The van der Waals surface area contributed by atoms with E-state index in [2.05, 4.69) is 183 Å². The Morgan fingerprint density at radius 1 is 0.412 bits per heavy atom. The predicted octanol–water partition coefficient (Wildman–Crippen LogP) is 13.8. The number of para-hydroxylation sites is 1. The molecule has 0 spiro atoms. The Labute approximate surface area is 297 Å². The van der Waals surface area contributed by atoms with Crippen LogP contribution in [0.2, 0.25) is 0 Å². The van der Waals surface area contributed by atoms with Crippen LogP contribution in [-0.2, 0) is 5.41 Å². The molecular formula is C49H35NO. The molecule has 0 atom stereocenters. The van der Waals surface area contributed by atoms with Crippen molar-refractivity contribution in [2.24, 2.45) is 0 Å². The smallest absolute Gasteiger partial charge is 0.137 e. The second-order valence-electron chi connectivity index (χ2n) is 14.1. The highest BCUT2D eigenvalue weighted by molar-refractivity contribution is 6.06. The van der Waals surface area contributed by atoms with Gasteiger partial charge < -0.3 is 9.32 Å². The SMILES string of the molecule is CC1(C)c2ccccc2-c2ccc(N(c3ccc4c(c3)oc3ccccc34)c3ccc(-c4cccc5ccccc45)cc3-c3ccccc3)cc21. The zero-order valence-corrected chi connectivity index (χ0v) is 28.6. The molecule has 8 aromatic carbocycles. The van der Waals surface area contributed by atoms with Crippen LogP contribution in [0.3, 0.4) is 0 Å². The van der Waals surface area contributed by atoms with Crippen LogP contribution in [-0.4, -0.2) is 0 Å². The van der Waals surface area contributed by atoms with Gasteiger partial charge in [-0.05, 0) is 92.2 Å². The third-order valence-electron chi connectivity index (χ3n) is 10.9. The zero-order chi connectivity index (χ0) is 34.1. The molecule has 0 aliphatic heterocycles. The van der Waals surface area contributed by atoms with Gasteiger partial charge in [-0.2, -0.15) is 0 Å². The van der Waals surface area contributed by atoms with Gasteiger partial charge in [-0.25, -0.2) is 0 Å². The number of hydrogen-bond acceptors (Lipinski definition) is 2. The number of furan rings is 1. The van der Waals surface area contributed by atoms with Crippen LogP contribution in [0.4, 0.5) is 17.1 Å². The first kappa shape index (κ1) is 29.5. The molecule has 1 aliphatic rings. The first-order valence-electron chi connectivity index (χ1n) is 17.7. The minimum Gasteiger partial charge on any atom is -0.456 e. The van der Waals surface area contributed by atoms with E-state index in [0.717, 1.165) is 44.6 Å². The first-order chi connectivity index (χ1) is 25.0. The molecule has 0 saturated heterocycles. The van der Waals surface area contributed by atoms with Crippen LogP contribution in [0, 0.1) is 0 Å². The summed E-state index contributed by atoms with van der Waals surface area (Å²) in [6.07, 6.45) is 0. The van der Waals surface area contributed by atoms with E-state index < -0.39 is 0 Å². The summed E-state index contributed by atoms with van der Waals surface area (Å²) in [5.74, 6) is 0. The van der Waals surface area contributed by atoms with E-state index in [1.54, 1.807) is 0 Å². The van der Waals surface area contributed by atoms with Crippen molar-refractivity contribution in [3.63, 3.8) is 0 Å². The van der Waals surface area contributed by atoms with Crippen molar-refractivity contribution in [2.45, 2.75) is 19.3 Å². The fraction of sp³-hybridized carbons (Fsp3) is 0.0612. The average molecular weight is 654 g/mol. The molecule has 0 unspecified atom stereocenters. The summed E-state index contributed by atoms with van der Waals surface area (Å²) >= 11 is 0. The molecule has 2 heteroatoms. The van der Waals surface area contributed by atoms with E-state index >= 15 is 0 Å². The van der Waals surface area contributed by atoms with Gasteiger partial charge in [-0.15, -0.1) is 0 Å². The van der Waals surface area contributed by atoms with Crippen molar-refractivity contribution in [3.05, 3.63) is 187 Å². The van der Waals surface area contributed by atoms with Gasteiger partial charge in [0.1, 0.15) is 11.2 Å². The lowest BCUT2D eigenvalue weighted by Crippen LogP contribution is -2.17. The van der Waals surface area contributed by atoms with Gasteiger partial charge in [0.25, 0.3) is 0 Å². The molecular weight excluding hydrogens is 619 g/mol. The number of fused-ring (bicyclic) bond motifs is 7. The Bertz CT molecular complexity index is 2780. The number of hydrogen-bond donors (Lipinski definition) is 0. The highest BCUT2D eigenvalue weighted by Crippen LogP contribution is 2.52.